The van der Waals surface area contributed by atoms with Crippen molar-refractivity contribution < 1.29 is 13.7 Å². The van der Waals surface area contributed by atoms with Crippen LogP contribution in [0.15, 0.2) is 21.6 Å². The van der Waals surface area contributed by atoms with Crippen molar-refractivity contribution in [3.8, 4) is 0 Å². The normalized spacial score (nSPS) is 19.5. The Bertz CT molecular complexity index is 651. The molecule has 140 valence electrons. The first kappa shape index (κ1) is 20.1. The Balaban J connectivity index is 1.89. The van der Waals surface area contributed by atoms with Crippen LogP contribution in [0.3, 0.4) is 0 Å². The summed E-state index contributed by atoms with van der Waals surface area (Å²) < 4.78 is 21.6. The van der Waals surface area contributed by atoms with Gasteiger partial charge in [-0.25, -0.2) is 18.7 Å². The number of aromatic nitrogens is 1. The number of hydrogen-bond acceptors (Lipinski definition) is 5. The highest BCUT2D eigenvalue weighted by Gasteiger charge is 2.27. The van der Waals surface area contributed by atoms with E-state index in [9.17, 15) is 9.00 Å². The van der Waals surface area contributed by atoms with Gasteiger partial charge in [0.25, 0.3) is 0 Å². The summed E-state index contributed by atoms with van der Waals surface area (Å²) in [4.78, 5) is 18.4. The van der Waals surface area contributed by atoms with Gasteiger partial charge < -0.3 is 15.4 Å². The molecule has 1 aromatic rings. The van der Waals surface area contributed by atoms with Crippen LogP contribution in [-0.2, 0) is 15.7 Å². The Kier molecular flexibility index (Phi) is 6.81. The molecule has 7 nitrogen and oxygen atoms in total. The van der Waals surface area contributed by atoms with Crippen molar-refractivity contribution in [3.63, 3.8) is 0 Å². The van der Waals surface area contributed by atoms with E-state index in [2.05, 4.69) is 25.6 Å². The number of pyridine rings is 1. The standard InChI is InChI=1S/C16H25BrN4O3S/c1-16(2,3)24-15(22)21-6-4-5-11(10-21)8-20-25(23)13-7-12(17)9-19-14(13)18/h7,9,11,20H,4-6,8,10H2,1-3H3,(H2,18,19)/t11-,25?/m1/s1. The average Bonchev–Trinajstić information content (AvgIpc) is 2.53. The second-order valence-corrected chi connectivity index (χ2v) is 9.27. The summed E-state index contributed by atoms with van der Waals surface area (Å²) >= 11 is 3.30. The largest absolute Gasteiger partial charge is 0.444 e. The van der Waals surface area contributed by atoms with Gasteiger partial charge in [0.15, 0.2) is 0 Å². The molecule has 1 unspecified atom stereocenters. The zero-order valence-corrected chi connectivity index (χ0v) is 17.2. The Morgan fingerprint density at radius 1 is 1.56 bits per heavy atom. The van der Waals surface area contributed by atoms with Gasteiger partial charge in [0.05, 0.1) is 4.90 Å². The second-order valence-electron chi connectivity index (χ2n) is 7.09. The van der Waals surface area contributed by atoms with Crippen molar-refractivity contribution in [1.82, 2.24) is 14.6 Å². The van der Waals surface area contributed by atoms with E-state index in [0.717, 1.165) is 17.3 Å². The van der Waals surface area contributed by atoms with E-state index in [-0.39, 0.29) is 17.8 Å². The maximum Gasteiger partial charge on any atom is 0.410 e. The van der Waals surface area contributed by atoms with Gasteiger partial charge in [-0.1, -0.05) is 0 Å². The quantitative estimate of drug-likeness (QED) is 0.761. The number of carbonyl (C=O) groups is 1. The summed E-state index contributed by atoms with van der Waals surface area (Å²) in [5.74, 6) is 0.458. The first-order valence-electron chi connectivity index (χ1n) is 8.20. The van der Waals surface area contributed by atoms with Crippen molar-refractivity contribution in [2.24, 2.45) is 5.92 Å². The Hall–Kier alpha value is -1.19. The molecule has 2 rings (SSSR count). The van der Waals surface area contributed by atoms with Crippen LogP contribution in [0.2, 0.25) is 0 Å². The predicted octanol–water partition coefficient (Wildman–Crippen LogP) is 2.69. The van der Waals surface area contributed by atoms with Gasteiger partial charge >= 0.3 is 6.09 Å². The topological polar surface area (TPSA) is 97.5 Å². The summed E-state index contributed by atoms with van der Waals surface area (Å²) in [6.45, 7) is 7.37. The van der Waals surface area contributed by atoms with Gasteiger partial charge in [-0.3, -0.25) is 0 Å². The molecule has 3 N–H and O–H groups in total. The molecular weight excluding hydrogens is 408 g/mol. The molecule has 2 heterocycles. The van der Waals surface area contributed by atoms with E-state index in [1.165, 1.54) is 0 Å². The van der Waals surface area contributed by atoms with E-state index >= 15 is 0 Å². The van der Waals surface area contributed by atoms with Crippen molar-refractivity contribution in [1.29, 1.82) is 0 Å². The first-order valence-corrected chi connectivity index (χ1v) is 10.1. The molecule has 0 aromatic carbocycles. The number of likely N-dealkylation sites (tertiary alicyclic amines) is 1. The molecule has 9 heteroatoms. The van der Waals surface area contributed by atoms with E-state index in [1.54, 1.807) is 17.2 Å². The average molecular weight is 433 g/mol. The number of halogens is 1. The van der Waals surface area contributed by atoms with Gasteiger partial charge in [0, 0.05) is 30.3 Å². The number of nitrogens with two attached hydrogens (primary N) is 1. The monoisotopic (exact) mass is 432 g/mol. The van der Waals surface area contributed by atoms with Gasteiger partial charge in [0.2, 0.25) is 0 Å². The fourth-order valence-corrected chi connectivity index (χ4v) is 4.08. The molecule has 1 aliphatic heterocycles. The third-order valence-electron chi connectivity index (χ3n) is 3.72. The van der Waals surface area contributed by atoms with Crippen molar-refractivity contribution >= 4 is 38.8 Å². The van der Waals surface area contributed by atoms with Crippen LogP contribution in [0.5, 0.6) is 0 Å². The molecule has 1 aliphatic rings. The molecule has 1 amide bonds. The van der Waals surface area contributed by atoms with E-state index < -0.39 is 16.6 Å². The third-order valence-corrected chi connectivity index (χ3v) is 5.31. The van der Waals surface area contributed by atoms with Crippen molar-refractivity contribution in [3.05, 3.63) is 16.7 Å². The smallest absolute Gasteiger partial charge is 0.410 e. The highest BCUT2D eigenvalue weighted by Crippen LogP contribution is 2.21. The maximum absolute atomic E-state index is 12.4. The number of anilines is 1. The van der Waals surface area contributed by atoms with E-state index in [4.69, 9.17) is 10.5 Å². The van der Waals surface area contributed by atoms with Crippen LogP contribution < -0.4 is 10.5 Å². The lowest BCUT2D eigenvalue weighted by molar-refractivity contribution is 0.0169. The molecule has 25 heavy (non-hydrogen) atoms. The fraction of sp³-hybridized carbons (Fsp3) is 0.625. The summed E-state index contributed by atoms with van der Waals surface area (Å²) in [5, 5.41) is 0. The summed E-state index contributed by atoms with van der Waals surface area (Å²) in [6.07, 6.45) is 3.14. The minimum Gasteiger partial charge on any atom is -0.444 e. The zero-order chi connectivity index (χ0) is 18.6. The molecule has 1 aromatic heterocycles. The molecule has 0 saturated carbocycles. The SMILES string of the molecule is CC(C)(C)OC(=O)N1CCC[C@H](CNS(=O)c2cc(Br)cnc2N)C1. The number of carbonyl (C=O) groups excluding carboxylic acids is 1. The summed E-state index contributed by atoms with van der Waals surface area (Å²) in [5.41, 5.74) is 5.28. The first-order chi connectivity index (χ1) is 11.7. The molecule has 0 bridgehead atoms. The highest BCUT2D eigenvalue weighted by molar-refractivity contribution is 9.10. The summed E-state index contributed by atoms with van der Waals surface area (Å²) in [7, 11) is -1.45. The molecule has 2 atom stereocenters. The minimum absolute atomic E-state index is 0.214. The zero-order valence-electron chi connectivity index (χ0n) is 14.8. The number of amides is 1. The van der Waals surface area contributed by atoms with Crippen LogP contribution in [0, 0.1) is 5.92 Å². The lowest BCUT2D eigenvalue weighted by Gasteiger charge is -2.34. The van der Waals surface area contributed by atoms with E-state index in [1.807, 2.05) is 20.8 Å². The van der Waals surface area contributed by atoms with Gasteiger partial charge in [-0.15, -0.1) is 0 Å². The number of piperidine rings is 1. The number of ether oxygens (including phenoxy) is 1. The van der Waals surface area contributed by atoms with Crippen LogP contribution in [0.25, 0.3) is 0 Å². The number of hydrogen-bond donors (Lipinski definition) is 2. The number of nitrogen functional groups attached to an aromatic ring is 1. The number of rotatable bonds is 4. The molecule has 1 saturated heterocycles. The number of nitrogens with one attached hydrogen (secondary N) is 1. The lowest BCUT2D eigenvalue weighted by atomic mass is 9.99. The lowest BCUT2D eigenvalue weighted by Crippen LogP contribution is -2.45. The molecule has 0 spiro atoms. The second kappa shape index (κ2) is 8.46. The Labute approximate surface area is 159 Å². The van der Waals surface area contributed by atoms with E-state index in [0.29, 0.717) is 24.5 Å². The van der Waals surface area contributed by atoms with Crippen LogP contribution >= 0.6 is 15.9 Å². The van der Waals surface area contributed by atoms with Crippen LogP contribution in [-0.4, -0.2) is 45.4 Å². The molecular formula is C16H25BrN4O3S. The van der Waals surface area contributed by atoms with Crippen molar-refractivity contribution in [2.75, 3.05) is 25.4 Å². The predicted molar refractivity (Wildman–Crippen MR) is 101 cm³/mol. The fourth-order valence-electron chi connectivity index (χ4n) is 2.58. The maximum atomic E-state index is 12.4. The molecule has 1 fully saturated rings. The highest BCUT2D eigenvalue weighted by atomic mass is 79.9. The molecule has 0 aliphatic carbocycles. The van der Waals surface area contributed by atoms with Gasteiger partial charge in [-0.2, -0.15) is 0 Å². The van der Waals surface area contributed by atoms with Gasteiger partial charge in [0.1, 0.15) is 22.4 Å². The van der Waals surface area contributed by atoms with Crippen LogP contribution in [0.1, 0.15) is 33.6 Å². The van der Waals surface area contributed by atoms with Crippen LogP contribution in [0.4, 0.5) is 10.6 Å². The Morgan fingerprint density at radius 3 is 2.96 bits per heavy atom. The van der Waals surface area contributed by atoms with Gasteiger partial charge in [-0.05, 0) is 61.5 Å². The number of nitrogens with zero attached hydrogens (tertiary/aromatic N) is 2. The third kappa shape index (κ3) is 6.23. The summed E-state index contributed by atoms with van der Waals surface area (Å²) in [6, 6.07) is 1.69. The van der Waals surface area contributed by atoms with Crippen molar-refractivity contribution in [2.45, 2.75) is 44.1 Å². The molecule has 0 radical (unpaired) electrons. The minimum atomic E-state index is -1.45. The Morgan fingerprint density at radius 2 is 2.28 bits per heavy atom.